The zero-order chi connectivity index (χ0) is 17.0. The molecule has 0 unspecified atom stereocenters. The van der Waals surface area contributed by atoms with Crippen LogP contribution in [0.2, 0.25) is 0 Å². The van der Waals surface area contributed by atoms with Crippen molar-refractivity contribution in [2.45, 2.75) is 13.3 Å². The molecular weight excluding hydrogens is 304 g/mol. The number of rotatable bonds is 18. The molecule has 0 bridgehead atoms. The normalized spacial score (nSPS) is 10.7. The van der Waals surface area contributed by atoms with Gasteiger partial charge in [0.15, 0.2) is 0 Å². The number of ether oxygens (including phenoxy) is 6. The Morgan fingerprint density at radius 3 is 1.39 bits per heavy atom. The van der Waals surface area contributed by atoms with Gasteiger partial charge in [0.2, 0.25) is 0 Å². The largest absolute Gasteiger partial charge is 0.460 e. The van der Waals surface area contributed by atoms with Crippen LogP contribution in [0.1, 0.15) is 13.3 Å². The van der Waals surface area contributed by atoms with Gasteiger partial charge < -0.3 is 28.4 Å². The number of hydrogen-bond acceptors (Lipinski definition) is 7. The lowest BCUT2D eigenvalue weighted by Crippen LogP contribution is -2.14. The van der Waals surface area contributed by atoms with Gasteiger partial charge in [-0.25, -0.2) is 4.79 Å². The average Bonchev–Trinajstić information content (AvgIpc) is 2.57. The maximum absolute atomic E-state index is 10.7. The van der Waals surface area contributed by atoms with Gasteiger partial charge in [-0.1, -0.05) is 13.5 Å². The fourth-order valence-electron chi connectivity index (χ4n) is 1.39. The molecule has 0 heterocycles. The van der Waals surface area contributed by atoms with Crippen molar-refractivity contribution in [3.8, 4) is 0 Å². The predicted molar refractivity (Wildman–Crippen MR) is 85.5 cm³/mol. The lowest BCUT2D eigenvalue weighted by atomic mass is 10.5. The van der Waals surface area contributed by atoms with E-state index in [1.165, 1.54) is 0 Å². The van der Waals surface area contributed by atoms with Crippen LogP contribution < -0.4 is 0 Å². The second kappa shape index (κ2) is 19.1. The van der Waals surface area contributed by atoms with Gasteiger partial charge in [-0.3, -0.25) is 0 Å². The summed E-state index contributed by atoms with van der Waals surface area (Å²) in [5, 5.41) is 0. The van der Waals surface area contributed by atoms with Crippen LogP contribution in [0, 0.1) is 0 Å². The summed E-state index contributed by atoms with van der Waals surface area (Å²) in [6, 6.07) is 0. The number of esters is 1. The van der Waals surface area contributed by atoms with Gasteiger partial charge in [-0.15, -0.1) is 0 Å². The van der Waals surface area contributed by atoms with Crippen LogP contribution in [0.5, 0.6) is 0 Å². The molecule has 0 fully saturated rings. The summed E-state index contributed by atoms with van der Waals surface area (Å²) in [6.07, 6.45) is 2.14. The highest BCUT2D eigenvalue weighted by Gasteiger charge is 1.95. The van der Waals surface area contributed by atoms with Gasteiger partial charge in [-0.05, 0) is 6.42 Å². The van der Waals surface area contributed by atoms with Crippen molar-refractivity contribution < 1.29 is 33.2 Å². The first-order chi connectivity index (χ1) is 11.3. The number of carbonyl (C=O) groups excluding carboxylic acids is 1. The molecule has 23 heavy (non-hydrogen) atoms. The third-order valence-electron chi connectivity index (χ3n) is 2.48. The zero-order valence-corrected chi connectivity index (χ0v) is 14.1. The Kier molecular flexibility index (Phi) is 18.2. The topological polar surface area (TPSA) is 72.5 Å². The van der Waals surface area contributed by atoms with Crippen molar-refractivity contribution in [2.75, 3.05) is 72.7 Å². The lowest BCUT2D eigenvalue weighted by molar-refractivity contribution is -0.139. The molecule has 0 saturated carbocycles. The SMILES string of the molecule is C=CC(=O)OCCOCCOCCOCCOCCOCCC. The van der Waals surface area contributed by atoms with Crippen molar-refractivity contribution in [3.63, 3.8) is 0 Å². The fourth-order valence-corrected chi connectivity index (χ4v) is 1.39. The first-order valence-electron chi connectivity index (χ1n) is 7.99. The molecule has 0 radical (unpaired) electrons. The average molecular weight is 334 g/mol. The van der Waals surface area contributed by atoms with E-state index in [2.05, 4.69) is 13.5 Å². The van der Waals surface area contributed by atoms with Gasteiger partial charge in [-0.2, -0.15) is 0 Å². The minimum Gasteiger partial charge on any atom is -0.460 e. The van der Waals surface area contributed by atoms with Gasteiger partial charge in [0.1, 0.15) is 6.61 Å². The van der Waals surface area contributed by atoms with Crippen molar-refractivity contribution in [2.24, 2.45) is 0 Å². The smallest absolute Gasteiger partial charge is 0.330 e. The third-order valence-corrected chi connectivity index (χ3v) is 2.48. The molecule has 0 atom stereocenters. The van der Waals surface area contributed by atoms with Crippen LogP contribution in [0.4, 0.5) is 0 Å². The van der Waals surface area contributed by atoms with Crippen LogP contribution in [0.15, 0.2) is 12.7 Å². The summed E-state index contributed by atoms with van der Waals surface area (Å²) in [6.45, 7) is 11.0. The van der Waals surface area contributed by atoms with Crippen LogP contribution >= 0.6 is 0 Å². The Hall–Kier alpha value is -0.990. The van der Waals surface area contributed by atoms with E-state index in [0.29, 0.717) is 59.5 Å². The molecule has 0 saturated heterocycles. The molecule has 0 aromatic rings. The molecule has 0 aromatic heterocycles. The van der Waals surface area contributed by atoms with E-state index in [9.17, 15) is 4.79 Å². The zero-order valence-electron chi connectivity index (χ0n) is 14.1. The minimum absolute atomic E-state index is 0.220. The van der Waals surface area contributed by atoms with E-state index in [4.69, 9.17) is 28.4 Å². The Bertz CT molecular complexity index is 271. The summed E-state index contributed by atoms with van der Waals surface area (Å²) >= 11 is 0. The summed E-state index contributed by atoms with van der Waals surface area (Å²) < 4.78 is 31.2. The first-order valence-corrected chi connectivity index (χ1v) is 7.99. The highest BCUT2D eigenvalue weighted by molar-refractivity contribution is 5.81. The monoisotopic (exact) mass is 334 g/mol. The molecule has 0 rings (SSSR count). The number of hydrogen-bond donors (Lipinski definition) is 0. The summed E-state index contributed by atoms with van der Waals surface area (Å²) in [4.78, 5) is 10.7. The molecule has 0 aromatic carbocycles. The van der Waals surface area contributed by atoms with E-state index in [1.54, 1.807) is 0 Å². The highest BCUT2D eigenvalue weighted by Crippen LogP contribution is 1.85. The molecule has 7 nitrogen and oxygen atoms in total. The van der Waals surface area contributed by atoms with Gasteiger partial charge in [0, 0.05) is 12.7 Å². The predicted octanol–water partition coefficient (Wildman–Crippen LogP) is 1.21. The van der Waals surface area contributed by atoms with Crippen molar-refractivity contribution in [1.29, 1.82) is 0 Å². The van der Waals surface area contributed by atoms with Gasteiger partial charge in [0.25, 0.3) is 0 Å². The van der Waals surface area contributed by atoms with E-state index in [1.807, 2.05) is 0 Å². The molecule has 136 valence electrons. The first kappa shape index (κ1) is 22.0. The molecule has 0 aliphatic carbocycles. The molecule has 7 heteroatoms. The molecule has 0 spiro atoms. The van der Waals surface area contributed by atoms with Crippen molar-refractivity contribution >= 4 is 5.97 Å². The molecule has 0 N–H and O–H groups in total. The highest BCUT2D eigenvalue weighted by atomic mass is 16.6. The van der Waals surface area contributed by atoms with Crippen LogP contribution in [-0.2, 0) is 33.2 Å². The summed E-state index contributed by atoms with van der Waals surface area (Å²) in [7, 11) is 0. The third kappa shape index (κ3) is 19.0. The molecule has 0 aliphatic rings. The van der Waals surface area contributed by atoms with Gasteiger partial charge >= 0.3 is 5.97 Å². The van der Waals surface area contributed by atoms with E-state index < -0.39 is 5.97 Å². The minimum atomic E-state index is -0.445. The summed E-state index contributed by atoms with van der Waals surface area (Å²) in [5.74, 6) is -0.445. The molecular formula is C16H30O7. The Morgan fingerprint density at radius 1 is 0.696 bits per heavy atom. The quantitative estimate of drug-likeness (QED) is 0.212. The van der Waals surface area contributed by atoms with Gasteiger partial charge in [0.05, 0.1) is 59.5 Å². The van der Waals surface area contributed by atoms with Crippen molar-refractivity contribution in [1.82, 2.24) is 0 Å². The molecule has 0 amide bonds. The van der Waals surface area contributed by atoms with E-state index in [-0.39, 0.29) is 6.61 Å². The second-order valence-corrected chi connectivity index (χ2v) is 4.43. The van der Waals surface area contributed by atoms with Crippen molar-refractivity contribution in [3.05, 3.63) is 12.7 Å². The number of carbonyl (C=O) groups is 1. The second-order valence-electron chi connectivity index (χ2n) is 4.43. The maximum Gasteiger partial charge on any atom is 0.330 e. The summed E-state index contributed by atoms with van der Waals surface area (Å²) in [5.41, 5.74) is 0. The van der Waals surface area contributed by atoms with Crippen LogP contribution in [0.25, 0.3) is 0 Å². The van der Waals surface area contributed by atoms with E-state index >= 15 is 0 Å². The van der Waals surface area contributed by atoms with Crippen LogP contribution in [0.3, 0.4) is 0 Å². The Labute approximate surface area is 138 Å². The molecule has 0 aliphatic heterocycles. The lowest BCUT2D eigenvalue weighted by Gasteiger charge is -2.07. The Morgan fingerprint density at radius 2 is 1.04 bits per heavy atom. The maximum atomic E-state index is 10.7. The van der Waals surface area contributed by atoms with E-state index in [0.717, 1.165) is 19.1 Å². The standard InChI is InChI=1S/C16H30O7/c1-3-5-18-6-7-19-8-9-20-10-11-21-12-13-22-14-15-23-16(17)4-2/h4H,2-3,5-15H2,1H3. The van der Waals surface area contributed by atoms with Crippen LogP contribution in [-0.4, -0.2) is 78.6 Å². The Balaban J connectivity index is 3.00. The fraction of sp³-hybridized carbons (Fsp3) is 0.812.